The summed E-state index contributed by atoms with van der Waals surface area (Å²) >= 11 is 0. The monoisotopic (exact) mass is 426 g/mol. The summed E-state index contributed by atoms with van der Waals surface area (Å²) in [7, 11) is 0. The lowest BCUT2D eigenvalue weighted by Crippen LogP contribution is -2.13. The Hall–Kier alpha value is -4.40. The quantitative estimate of drug-likeness (QED) is 0.281. The smallest absolute Gasteiger partial charge is 0.250 e. The van der Waals surface area contributed by atoms with E-state index < -0.39 is 5.91 Å². The van der Waals surface area contributed by atoms with Crippen molar-refractivity contribution in [2.24, 2.45) is 5.73 Å². The zero-order valence-electron chi connectivity index (χ0n) is 17.2. The largest absolute Gasteiger partial charge is 0.398 e. The number of primary amides is 1. The average Bonchev–Trinajstić information content (AvgIpc) is 3.53. The minimum atomic E-state index is -0.575. The third-order valence-electron chi connectivity index (χ3n) is 5.31. The van der Waals surface area contributed by atoms with Crippen LogP contribution < -0.4 is 22.1 Å². The molecule has 9 heteroatoms. The number of H-pyrrole nitrogens is 1. The van der Waals surface area contributed by atoms with E-state index in [1.807, 2.05) is 36.4 Å². The maximum absolute atomic E-state index is 11.4. The summed E-state index contributed by atoms with van der Waals surface area (Å²) in [6, 6.07) is 16.8. The number of aromatic nitrogens is 4. The Morgan fingerprint density at radius 2 is 1.88 bits per heavy atom. The Morgan fingerprint density at radius 1 is 1.06 bits per heavy atom. The van der Waals surface area contributed by atoms with Crippen molar-refractivity contribution in [1.82, 2.24) is 20.2 Å². The van der Waals surface area contributed by atoms with Gasteiger partial charge in [0.1, 0.15) is 5.82 Å². The molecule has 5 rings (SSSR count). The van der Waals surface area contributed by atoms with Gasteiger partial charge < -0.3 is 22.1 Å². The second-order valence-electron chi connectivity index (χ2n) is 7.72. The van der Waals surface area contributed by atoms with Crippen molar-refractivity contribution < 1.29 is 4.79 Å². The molecule has 0 atom stereocenters. The van der Waals surface area contributed by atoms with Crippen LogP contribution in [0.4, 0.5) is 29.0 Å². The standard InChI is InChI=1S/C23H22N8O/c24-18-10-15(8-9-16(18)21(25)32)27-23-26-12-17(13-4-2-1-3-5-13)22(29-23)28-20-11-19(30-31-20)14-6-7-14/h1-5,8-12,14H,6-7,24H2,(H2,25,32)(H3,26,27,28,29,30,31). The highest BCUT2D eigenvalue weighted by Crippen LogP contribution is 2.40. The summed E-state index contributed by atoms with van der Waals surface area (Å²) in [6.07, 6.45) is 4.13. The minimum absolute atomic E-state index is 0.267. The normalized spacial score (nSPS) is 13.0. The molecular formula is C23H22N8O. The van der Waals surface area contributed by atoms with Crippen molar-refractivity contribution in [3.63, 3.8) is 0 Å². The lowest BCUT2D eigenvalue weighted by molar-refractivity contribution is 0.100. The van der Waals surface area contributed by atoms with E-state index in [9.17, 15) is 4.79 Å². The van der Waals surface area contributed by atoms with Crippen LogP contribution in [0.1, 0.15) is 34.8 Å². The molecule has 2 aromatic carbocycles. The molecule has 160 valence electrons. The van der Waals surface area contributed by atoms with E-state index in [1.165, 1.54) is 12.8 Å². The van der Waals surface area contributed by atoms with Crippen molar-refractivity contribution in [2.45, 2.75) is 18.8 Å². The average molecular weight is 426 g/mol. The third-order valence-corrected chi connectivity index (χ3v) is 5.31. The molecule has 9 nitrogen and oxygen atoms in total. The number of anilines is 5. The predicted molar refractivity (Wildman–Crippen MR) is 124 cm³/mol. The van der Waals surface area contributed by atoms with Crippen LogP contribution in [0.25, 0.3) is 11.1 Å². The fourth-order valence-corrected chi connectivity index (χ4v) is 3.49. The number of nitrogens with two attached hydrogens (primary N) is 2. The lowest BCUT2D eigenvalue weighted by atomic mass is 10.1. The van der Waals surface area contributed by atoms with Gasteiger partial charge in [0.15, 0.2) is 5.82 Å². The summed E-state index contributed by atoms with van der Waals surface area (Å²) in [6.45, 7) is 0. The number of carbonyl (C=O) groups excluding carboxylic acids is 1. The Balaban J connectivity index is 1.47. The molecule has 0 bridgehead atoms. The Morgan fingerprint density at radius 3 is 2.59 bits per heavy atom. The van der Waals surface area contributed by atoms with Crippen LogP contribution in [-0.4, -0.2) is 26.1 Å². The molecule has 1 fully saturated rings. The van der Waals surface area contributed by atoms with Gasteiger partial charge in [0.25, 0.3) is 5.91 Å². The molecular weight excluding hydrogens is 404 g/mol. The fraction of sp³-hybridized carbons (Fsp3) is 0.130. The molecule has 4 aromatic rings. The van der Waals surface area contributed by atoms with Crippen molar-refractivity contribution in [3.05, 3.63) is 72.1 Å². The van der Waals surface area contributed by atoms with Gasteiger partial charge in [-0.25, -0.2) is 4.98 Å². The van der Waals surface area contributed by atoms with Crippen LogP contribution in [-0.2, 0) is 0 Å². The molecule has 0 aliphatic heterocycles. The molecule has 1 amide bonds. The number of nitrogen functional groups attached to an aromatic ring is 1. The Bertz CT molecular complexity index is 1280. The van der Waals surface area contributed by atoms with E-state index in [4.69, 9.17) is 11.5 Å². The van der Waals surface area contributed by atoms with Crippen LogP contribution >= 0.6 is 0 Å². The predicted octanol–water partition coefficient (Wildman–Crippen LogP) is 3.91. The molecule has 7 N–H and O–H groups in total. The van der Waals surface area contributed by atoms with Crippen molar-refractivity contribution in [2.75, 3.05) is 16.4 Å². The van der Waals surface area contributed by atoms with Gasteiger partial charge in [0.05, 0.1) is 5.56 Å². The molecule has 2 heterocycles. The highest BCUT2D eigenvalue weighted by molar-refractivity contribution is 5.98. The SMILES string of the molecule is NC(=O)c1ccc(Nc2ncc(-c3ccccc3)c(Nc3cc(C4CC4)[nH]n3)n2)cc1N. The highest BCUT2D eigenvalue weighted by Gasteiger charge is 2.25. The maximum Gasteiger partial charge on any atom is 0.250 e. The van der Waals surface area contributed by atoms with Gasteiger partial charge in [-0.1, -0.05) is 30.3 Å². The van der Waals surface area contributed by atoms with Crippen LogP contribution in [0.2, 0.25) is 0 Å². The zero-order chi connectivity index (χ0) is 22.1. The molecule has 0 saturated heterocycles. The molecule has 1 aliphatic carbocycles. The topological polar surface area (TPSA) is 148 Å². The number of aromatic amines is 1. The van der Waals surface area contributed by atoms with Gasteiger partial charge >= 0.3 is 0 Å². The second kappa shape index (κ2) is 8.03. The van der Waals surface area contributed by atoms with E-state index >= 15 is 0 Å². The fourth-order valence-electron chi connectivity index (χ4n) is 3.49. The van der Waals surface area contributed by atoms with Gasteiger partial charge in [0.2, 0.25) is 5.95 Å². The van der Waals surface area contributed by atoms with Crippen LogP contribution in [0, 0.1) is 0 Å². The van der Waals surface area contributed by atoms with E-state index in [2.05, 4.69) is 30.8 Å². The minimum Gasteiger partial charge on any atom is -0.398 e. The number of nitrogens with one attached hydrogen (secondary N) is 3. The lowest BCUT2D eigenvalue weighted by Gasteiger charge is -2.13. The van der Waals surface area contributed by atoms with Gasteiger partial charge in [0, 0.05) is 40.8 Å². The Kier molecular flexibility index (Phi) is 4.91. The number of nitrogens with zero attached hydrogens (tertiary/aromatic N) is 3. The molecule has 0 unspecified atom stereocenters. The van der Waals surface area contributed by atoms with Crippen molar-refractivity contribution in [1.29, 1.82) is 0 Å². The van der Waals surface area contributed by atoms with Gasteiger partial charge in [-0.3, -0.25) is 9.89 Å². The van der Waals surface area contributed by atoms with Gasteiger partial charge in [-0.05, 0) is 36.6 Å². The molecule has 32 heavy (non-hydrogen) atoms. The number of hydrogen-bond acceptors (Lipinski definition) is 7. The van der Waals surface area contributed by atoms with Crippen LogP contribution in [0.5, 0.6) is 0 Å². The number of hydrogen-bond donors (Lipinski definition) is 5. The summed E-state index contributed by atoms with van der Waals surface area (Å²) < 4.78 is 0. The number of carbonyl (C=O) groups is 1. The first kappa shape index (κ1) is 19.6. The van der Waals surface area contributed by atoms with Gasteiger partial charge in [-0.15, -0.1) is 0 Å². The first-order valence-corrected chi connectivity index (χ1v) is 10.3. The van der Waals surface area contributed by atoms with E-state index in [1.54, 1.807) is 24.4 Å². The first-order chi connectivity index (χ1) is 15.6. The number of rotatable bonds is 7. The summed E-state index contributed by atoms with van der Waals surface area (Å²) in [5, 5.41) is 13.9. The summed E-state index contributed by atoms with van der Waals surface area (Å²) in [5.41, 5.74) is 15.4. The van der Waals surface area contributed by atoms with Crippen LogP contribution in [0.3, 0.4) is 0 Å². The third kappa shape index (κ3) is 4.08. The zero-order valence-corrected chi connectivity index (χ0v) is 17.2. The van der Waals surface area contributed by atoms with E-state index in [0.717, 1.165) is 16.8 Å². The summed E-state index contributed by atoms with van der Waals surface area (Å²) in [4.78, 5) is 20.5. The molecule has 1 saturated carbocycles. The molecule has 0 spiro atoms. The first-order valence-electron chi connectivity index (χ1n) is 10.3. The Labute approximate surface area is 184 Å². The van der Waals surface area contributed by atoms with Crippen molar-refractivity contribution >= 4 is 34.9 Å². The summed E-state index contributed by atoms with van der Waals surface area (Å²) in [5.74, 6) is 1.68. The highest BCUT2D eigenvalue weighted by atomic mass is 16.1. The maximum atomic E-state index is 11.4. The van der Waals surface area contributed by atoms with E-state index in [-0.39, 0.29) is 11.3 Å². The number of amides is 1. The van der Waals surface area contributed by atoms with Crippen molar-refractivity contribution in [3.8, 4) is 11.1 Å². The molecule has 0 radical (unpaired) electrons. The van der Waals surface area contributed by atoms with Gasteiger partial charge in [-0.2, -0.15) is 10.1 Å². The molecule has 1 aliphatic rings. The number of benzene rings is 2. The second-order valence-corrected chi connectivity index (χ2v) is 7.72. The molecule has 2 aromatic heterocycles. The van der Waals surface area contributed by atoms with Crippen LogP contribution in [0.15, 0.2) is 60.8 Å². The van der Waals surface area contributed by atoms with E-state index in [0.29, 0.717) is 29.2 Å².